The maximum atomic E-state index is 14.0. The van der Waals surface area contributed by atoms with Crippen molar-refractivity contribution >= 4 is 35.2 Å². The highest BCUT2D eigenvalue weighted by Gasteiger charge is 2.29. The van der Waals surface area contributed by atoms with Gasteiger partial charge < -0.3 is 10.2 Å². The van der Waals surface area contributed by atoms with Gasteiger partial charge in [-0.2, -0.15) is 0 Å². The van der Waals surface area contributed by atoms with E-state index in [1.807, 2.05) is 20.8 Å². The van der Waals surface area contributed by atoms with Gasteiger partial charge in [-0.05, 0) is 50.1 Å². The van der Waals surface area contributed by atoms with Crippen molar-refractivity contribution in [1.29, 1.82) is 0 Å². The van der Waals surface area contributed by atoms with Gasteiger partial charge in [-0.25, -0.2) is 8.78 Å². The number of carbonyl (C=O) groups is 2. The average Bonchev–Trinajstić information content (AvgIpc) is 2.70. The topological polar surface area (TPSA) is 49.4 Å². The van der Waals surface area contributed by atoms with E-state index in [2.05, 4.69) is 5.32 Å². The first-order valence-electron chi connectivity index (χ1n) is 10.1. The Labute approximate surface area is 191 Å². The van der Waals surface area contributed by atoms with Crippen LogP contribution in [-0.4, -0.2) is 34.6 Å². The fraction of sp³-hybridized carbons (Fsp3) is 0.391. The van der Waals surface area contributed by atoms with E-state index < -0.39 is 11.9 Å². The van der Waals surface area contributed by atoms with Crippen molar-refractivity contribution in [3.63, 3.8) is 0 Å². The molecule has 1 N–H and O–H groups in total. The molecule has 0 bridgehead atoms. The van der Waals surface area contributed by atoms with Gasteiger partial charge in [0.15, 0.2) is 0 Å². The molecule has 2 aromatic carbocycles. The molecule has 0 saturated heterocycles. The van der Waals surface area contributed by atoms with E-state index in [4.69, 9.17) is 11.6 Å². The lowest BCUT2D eigenvalue weighted by Crippen LogP contribution is -2.50. The average molecular weight is 469 g/mol. The number of rotatable bonds is 10. The Balaban J connectivity index is 2.16. The molecule has 0 aliphatic carbocycles. The number of carbonyl (C=O) groups excluding carboxylic acids is 2. The molecular weight excluding hydrogens is 442 g/mol. The van der Waals surface area contributed by atoms with Gasteiger partial charge in [-0.1, -0.05) is 36.7 Å². The molecule has 2 amide bonds. The third-order valence-electron chi connectivity index (χ3n) is 4.62. The van der Waals surface area contributed by atoms with E-state index in [1.54, 1.807) is 18.2 Å². The molecule has 0 spiro atoms. The minimum atomic E-state index is -0.669. The van der Waals surface area contributed by atoms with Gasteiger partial charge in [-0.15, -0.1) is 11.8 Å². The zero-order valence-corrected chi connectivity index (χ0v) is 19.4. The Bertz CT molecular complexity index is 873. The summed E-state index contributed by atoms with van der Waals surface area (Å²) in [6.45, 7) is 5.71. The van der Waals surface area contributed by atoms with Gasteiger partial charge in [0.05, 0.1) is 5.75 Å². The number of benzene rings is 2. The zero-order chi connectivity index (χ0) is 23.0. The Morgan fingerprint density at radius 1 is 1.13 bits per heavy atom. The number of thioether (sulfide) groups is 1. The fourth-order valence-electron chi connectivity index (χ4n) is 3.08. The Morgan fingerprint density at radius 2 is 1.81 bits per heavy atom. The van der Waals surface area contributed by atoms with Crippen LogP contribution in [0.2, 0.25) is 5.02 Å². The summed E-state index contributed by atoms with van der Waals surface area (Å²) in [6, 6.07) is 9.55. The van der Waals surface area contributed by atoms with Gasteiger partial charge in [0, 0.05) is 28.9 Å². The predicted molar refractivity (Wildman–Crippen MR) is 122 cm³/mol. The lowest BCUT2D eigenvalue weighted by molar-refractivity contribution is -0.139. The Hall–Kier alpha value is -2.12. The Kier molecular flexibility index (Phi) is 9.78. The van der Waals surface area contributed by atoms with Crippen LogP contribution in [0.1, 0.15) is 38.3 Å². The predicted octanol–water partition coefficient (Wildman–Crippen LogP) is 5.18. The zero-order valence-electron chi connectivity index (χ0n) is 17.8. The molecule has 8 heteroatoms. The summed E-state index contributed by atoms with van der Waals surface area (Å²) >= 11 is 7.29. The summed E-state index contributed by atoms with van der Waals surface area (Å²) in [5.41, 5.74) is 1.06. The van der Waals surface area contributed by atoms with Crippen LogP contribution in [0.15, 0.2) is 42.5 Å². The second-order valence-electron chi connectivity index (χ2n) is 7.43. The quantitative estimate of drug-likeness (QED) is 0.522. The summed E-state index contributed by atoms with van der Waals surface area (Å²) in [7, 11) is 0. The lowest BCUT2D eigenvalue weighted by Gasteiger charge is -2.31. The van der Waals surface area contributed by atoms with Crippen molar-refractivity contribution < 1.29 is 18.4 Å². The minimum absolute atomic E-state index is 0.0529. The molecule has 0 fully saturated rings. The van der Waals surface area contributed by atoms with E-state index in [9.17, 15) is 18.4 Å². The van der Waals surface area contributed by atoms with Crippen molar-refractivity contribution in [1.82, 2.24) is 10.2 Å². The normalized spacial score (nSPS) is 12.0. The molecule has 2 rings (SSSR count). The molecule has 0 heterocycles. The van der Waals surface area contributed by atoms with Crippen LogP contribution in [-0.2, 0) is 21.9 Å². The van der Waals surface area contributed by atoms with Crippen LogP contribution in [0.3, 0.4) is 0 Å². The molecule has 31 heavy (non-hydrogen) atoms. The van der Waals surface area contributed by atoms with Crippen LogP contribution in [0.25, 0.3) is 0 Å². The van der Waals surface area contributed by atoms with Crippen molar-refractivity contribution in [3.8, 4) is 0 Å². The molecule has 1 unspecified atom stereocenters. The number of nitrogens with zero attached hydrogens (tertiary/aromatic N) is 1. The first kappa shape index (κ1) is 25.1. The summed E-state index contributed by atoms with van der Waals surface area (Å²) in [6.07, 6.45) is 0.426. The highest BCUT2D eigenvalue weighted by molar-refractivity contribution is 7.99. The van der Waals surface area contributed by atoms with Crippen LogP contribution in [0.4, 0.5) is 8.78 Å². The van der Waals surface area contributed by atoms with Crippen LogP contribution in [0, 0.1) is 11.6 Å². The van der Waals surface area contributed by atoms with Gasteiger partial charge >= 0.3 is 0 Å². The van der Waals surface area contributed by atoms with Gasteiger partial charge in [0.1, 0.15) is 17.7 Å². The maximum Gasteiger partial charge on any atom is 0.243 e. The summed E-state index contributed by atoms with van der Waals surface area (Å²) < 4.78 is 27.3. The second kappa shape index (κ2) is 12.1. The molecule has 2 aromatic rings. The molecule has 4 nitrogen and oxygen atoms in total. The fourth-order valence-corrected chi connectivity index (χ4v) is 4.33. The summed E-state index contributed by atoms with van der Waals surface area (Å²) in [4.78, 5) is 27.3. The number of hydrogen-bond donors (Lipinski definition) is 1. The van der Waals surface area contributed by atoms with Gasteiger partial charge in [0.25, 0.3) is 0 Å². The van der Waals surface area contributed by atoms with Crippen molar-refractivity contribution in [3.05, 3.63) is 70.2 Å². The minimum Gasteiger partial charge on any atom is -0.352 e. The molecule has 0 saturated carbocycles. The van der Waals surface area contributed by atoms with Gasteiger partial charge in [-0.3, -0.25) is 9.59 Å². The number of hydrogen-bond acceptors (Lipinski definition) is 3. The van der Waals surface area contributed by atoms with E-state index in [-0.39, 0.29) is 41.7 Å². The third-order valence-corrected chi connectivity index (χ3v) is 5.91. The first-order valence-corrected chi connectivity index (χ1v) is 11.6. The lowest BCUT2D eigenvalue weighted by atomic mass is 10.1. The molecule has 0 radical (unpaired) electrons. The maximum absolute atomic E-state index is 14.0. The molecule has 1 atom stereocenters. The molecule has 0 aliphatic heterocycles. The summed E-state index contributed by atoms with van der Waals surface area (Å²) in [5, 5.41) is 3.17. The SMILES string of the molecule is CCC(C(=O)NC(C)C)N(Cc1ccc(F)cc1)C(=O)CSCc1c(F)cccc1Cl. The largest absolute Gasteiger partial charge is 0.352 e. The van der Waals surface area contributed by atoms with Crippen LogP contribution < -0.4 is 5.32 Å². The second-order valence-corrected chi connectivity index (χ2v) is 8.82. The molecule has 0 aromatic heterocycles. The first-order chi connectivity index (χ1) is 14.7. The molecular formula is C23H27ClF2N2O2S. The molecule has 168 valence electrons. The van der Waals surface area contributed by atoms with E-state index in [0.29, 0.717) is 22.6 Å². The number of nitrogens with one attached hydrogen (secondary N) is 1. The highest BCUT2D eigenvalue weighted by Crippen LogP contribution is 2.24. The number of amides is 2. The van der Waals surface area contributed by atoms with E-state index >= 15 is 0 Å². The van der Waals surface area contributed by atoms with Gasteiger partial charge in [0.2, 0.25) is 11.8 Å². The summed E-state index contributed by atoms with van der Waals surface area (Å²) in [5.74, 6) is -1.00. The smallest absolute Gasteiger partial charge is 0.243 e. The third kappa shape index (κ3) is 7.51. The van der Waals surface area contributed by atoms with Crippen molar-refractivity contribution in [2.45, 2.75) is 51.6 Å². The van der Waals surface area contributed by atoms with E-state index in [1.165, 1.54) is 40.9 Å². The van der Waals surface area contributed by atoms with Crippen LogP contribution in [0.5, 0.6) is 0 Å². The van der Waals surface area contributed by atoms with Crippen LogP contribution >= 0.6 is 23.4 Å². The molecule has 0 aliphatic rings. The highest BCUT2D eigenvalue weighted by atomic mass is 35.5. The Morgan fingerprint density at radius 3 is 2.39 bits per heavy atom. The standard InChI is InChI=1S/C23H27ClF2N2O2S/c1-4-21(23(30)27-15(2)3)28(12-16-8-10-17(25)11-9-16)22(29)14-31-13-18-19(24)6-5-7-20(18)26/h5-11,15,21H,4,12-14H2,1-3H3,(H,27,30). The van der Waals surface area contributed by atoms with Crippen molar-refractivity contribution in [2.75, 3.05) is 5.75 Å². The monoisotopic (exact) mass is 468 g/mol. The number of halogens is 3. The van der Waals surface area contributed by atoms with Crippen molar-refractivity contribution in [2.24, 2.45) is 0 Å². The van der Waals surface area contributed by atoms with E-state index in [0.717, 1.165) is 0 Å².